The Hall–Kier alpha value is -1.39. The molecule has 0 heterocycles. The number of hydrogen-bond acceptors (Lipinski definition) is 3. The van der Waals surface area contributed by atoms with E-state index in [2.05, 4.69) is 29.7 Å². The van der Waals surface area contributed by atoms with Gasteiger partial charge in [0.05, 0.1) is 0 Å². The van der Waals surface area contributed by atoms with Gasteiger partial charge in [-0.25, -0.2) is 0 Å². The first kappa shape index (κ1) is 18.0. The molecule has 2 rings (SSSR count). The van der Waals surface area contributed by atoms with Crippen LogP contribution in [0.2, 0.25) is 0 Å². The number of ether oxygens (including phenoxy) is 1. The molecule has 2 unspecified atom stereocenters. The first-order chi connectivity index (χ1) is 11.1. The van der Waals surface area contributed by atoms with E-state index in [1.807, 2.05) is 6.07 Å². The maximum absolute atomic E-state index is 11.2. The Kier molecular flexibility index (Phi) is 7.06. The van der Waals surface area contributed by atoms with Crippen molar-refractivity contribution in [3.63, 3.8) is 0 Å². The zero-order valence-corrected chi connectivity index (χ0v) is 14.7. The van der Waals surface area contributed by atoms with Crippen LogP contribution in [0.15, 0.2) is 18.2 Å². The molecule has 2 atom stereocenters. The Balaban J connectivity index is 1.93. The van der Waals surface area contributed by atoms with Gasteiger partial charge in [0.25, 0.3) is 0 Å². The summed E-state index contributed by atoms with van der Waals surface area (Å²) in [5, 5.41) is 6.71. The molecule has 4 nitrogen and oxygen atoms in total. The molecule has 23 heavy (non-hydrogen) atoms. The molecular weight excluding hydrogens is 288 g/mol. The predicted molar refractivity (Wildman–Crippen MR) is 94.9 cm³/mol. The third-order valence-corrected chi connectivity index (χ3v) is 4.62. The molecule has 1 aliphatic carbocycles. The molecule has 1 aromatic carbocycles. The van der Waals surface area contributed by atoms with Gasteiger partial charge in [0.1, 0.15) is 0 Å². The fourth-order valence-electron chi connectivity index (χ4n) is 3.39. The van der Waals surface area contributed by atoms with Crippen molar-refractivity contribution in [3.05, 3.63) is 29.3 Å². The van der Waals surface area contributed by atoms with E-state index in [0.717, 1.165) is 38.0 Å². The van der Waals surface area contributed by atoms with Crippen molar-refractivity contribution in [2.75, 3.05) is 19.0 Å². The first-order valence-electron chi connectivity index (χ1n) is 8.76. The first-order valence-corrected chi connectivity index (χ1v) is 8.76. The molecule has 128 valence electrons. The highest BCUT2D eigenvalue weighted by molar-refractivity contribution is 5.88. The van der Waals surface area contributed by atoms with Crippen molar-refractivity contribution in [1.29, 1.82) is 0 Å². The molecule has 4 heteroatoms. The standard InChI is InChI=1S/C19H30N2O2/c1-4-17(6-5-11-23-3)21-19-10-8-15-7-9-18(20-14(2)22)12-16(15)13-19/h7,9,12,17,19,21H,4-6,8,10-11,13H2,1-3H3,(H,20,22). The lowest BCUT2D eigenvalue weighted by molar-refractivity contribution is -0.114. The smallest absolute Gasteiger partial charge is 0.221 e. The number of aryl methyl sites for hydroxylation is 1. The van der Waals surface area contributed by atoms with E-state index in [9.17, 15) is 4.79 Å². The van der Waals surface area contributed by atoms with Crippen molar-refractivity contribution >= 4 is 11.6 Å². The van der Waals surface area contributed by atoms with Gasteiger partial charge in [0.2, 0.25) is 5.91 Å². The number of amides is 1. The van der Waals surface area contributed by atoms with Crippen LogP contribution in [0.25, 0.3) is 0 Å². The maximum atomic E-state index is 11.2. The molecule has 1 aliphatic rings. The Morgan fingerprint density at radius 1 is 1.39 bits per heavy atom. The number of fused-ring (bicyclic) bond motifs is 1. The largest absolute Gasteiger partial charge is 0.385 e. The number of benzene rings is 1. The van der Waals surface area contributed by atoms with Gasteiger partial charge in [0.15, 0.2) is 0 Å². The molecule has 1 aromatic rings. The van der Waals surface area contributed by atoms with E-state index in [0.29, 0.717) is 12.1 Å². The van der Waals surface area contributed by atoms with Crippen LogP contribution >= 0.6 is 0 Å². The highest BCUT2D eigenvalue weighted by Gasteiger charge is 2.21. The normalized spacial score (nSPS) is 18.3. The van der Waals surface area contributed by atoms with Crippen molar-refractivity contribution in [2.24, 2.45) is 0 Å². The highest BCUT2D eigenvalue weighted by atomic mass is 16.5. The number of anilines is 1. The van der Waals surface area contributed by atoms with Crippen LogP contribution < -0.4 is 10.6 Å². The number of hydrogen-bond donors (Lipinski definition) is 2. The van der Waals surface area contributed by atoms with Crippen molar-refractivity contribution in [2.45, 2.75) is 64.5 Å². The molecule has 2 N–H and O–H groups in total. The van der Waals surface area contributed by atoms with E-state index in [1.165, 1.54) is 24.0 Å². The van der Waals surface area contributed by atoms with E-state index < -0.39 is 0 Å². The molecule has 0 radical (unpaired) electrons. The fourth-order valence-corrected chi connectivity index (χ4v) is 3.39. The molecule has 0 saturated heterocycles. The minimum Gasteiger partial charge on any atom is -0.385 e. The summed E-state index contributed by atoms with van der Waals surface area (Å²) in [4.78, 5) is 11.2. The third kappa shape index (κ3) is 5.63. The van der Waals surface area contributed by atoms with E-state index in [-0.39, 0.29) is 5.91 Å². The van der Waals surface area contributed by atoms with Crippen molar-refractivity contribution in [3.8, 4) is 0 Å². The Morgan fingerprint density at radius 3 is 2.91 bits per heavy atom. The Morgan fingerprint density at radius 2 is 2.22 bits per heavy atom. The van der Waals surface area contributed by atoms with E-state index in [1.54, 1.807) is 14.0 Å². The van der Waals surface area contributed by atoms with Crippen LogP contribution in [0.4, 0.5) is 5.69 Å². The number of carbonyl (C=O) groups is 1. The van der Waals surface area contributed by atoms with Gasteiger partial charge in [-0.15, -0.1) is 0 Å². The summed E-state index contributed by atoms with van der Waals surface area (Å²) < 4.78 is 5.16. The van der Waals surface area contributed by atoms with Gasteiger partial charge in [-0.1, -0.05) is 13.0 Å². The minimum atomic E-state index is -0.0142. The predicted octanol–water partition coefficient (Wildman–Crippen LogP) is 3.30. The molecule has 0 bridgehead atoms. The van der Waals surface area contributed by atoms with Crippen LogP contribution in [-0.4, -0.2) is 31.7 Å². The second-order valence-electron chi connectivity index (χ2n) is 6.51. The van der Waals surface area contributed by atoms with Crippen molar-refractivity contribution < 1.29 is 9.53 Å². The van der Waals surface area contributed by atoms with Gasteiger partial charge in [-0.2, -0.15) is 0 Å². The maximum Gasteiger partial charge on any atom is 0.221 e. The monoisotopic (exact) mass is 318 g/mol. The van der Waals surface area contributed by atoms with E-state index in [4.69, 9.17) is 4.74 Å². The zero-order chi connectivity index (χ0) is 16.7. The molecular formula is C19H30N2O2. The van der Waals surface area contributed by atoms with Crippen LogP contribution in [0.5, 0.6) is 0 Å². The van der Waals surface area contributed by atoms with Gasteiger partial charge in [0, 0.05) is 38.4 Å². The second-order valence-corrected chi connectivity index (χ2v) is 6.51. The SMILES string of the molecule is CCC(CCCOC)NC1CCc2ccc(NC(C)=O)cc2C1. The molecule has 1 amide bonds. The summed E-state index contributed by atoms with van der Waals surface area (Å²) in [5.41, 5.74) is 3.69. The number of carbonyl (C=O) groups excluding carboxylic acids is 1. The summed E-state index contributed by atoms with van der Waals surface area (Å²) in [6, 6.07) is 7.40. The second kappa shape index (κ2) is 9.04. The highest BCUT2D eigenvalue weighted by Crippen LogP contribution is 2.25. The minimum absolute atomic E-state index is 0.0142. The lowest BCUT2D eigenvalue weighted by atomic mass is 9.87. The van der Waals surface area contributed by atoms with Gasteiger partial charge in [-0.3, -0.25) is 4.79 Å². The average molecular weight is 318 g/mol. The van der Waals surface area contributed by atoms with Crippen LogP contribution in [-0.2, 0) is 22.4 Å². The van der Waals surface area contributed by atoms with Gasteiger partial charge >= 0.3 is 0 Å². The quantitative estimate of drug-likeness (QED) is 0.723. The zero-order valence-electron chi connectivity index (χ0n) is 14.7. The lowest BCUT2D eigenvalue weighted by Gasteiger charge is -2.30. The number of nitrogens with one attached hydrogen (secondary N) is 2. The molecule has 0 saturated carbocycles. The average Bonchev–Trinajstić information content (AvgIpc) is 2.53. The number of rotatable bonds is 8. The van der Waals surface area contributed by atoms with Crippen LogP contribution in [0.1, 0.15) is 50.7 Å². The summed E-state index contributed by atoms with van der Waals surface area (Å²) in [7, 11) is 1.76. The van der Waals surface area contributed by atoms with Crippen LogP contribution in [0.3, 0.4) is 0 Å². The summed E-state index contributed by atoms with van der Waals surface area (Å²) in [5.74, 6) is -0.0142. The molecule has 0 aliphatic heterocycles. The van der Waals surface area contributed by atoms with Crippen molar-refractivity contribution in [1.82, 2.24) is 5.32 Å². The molecule has 0 aromatic heterocycles. The molecule has 0 fully saturated rings. The summed E-state index contributed by atoms with van der Waals surface area (Å²) in [6.07, 6.45) is 6.77. The number of methoxy groups -OCH3 is 1. The Labute approximate surface area is 140 Å². The van der Waals surface area contributed by atoms with E-state index >= 15 is 0 Å². The van der Waals surface area contributed by atoms with Crippen LogP contribution in [0, 0.1) is 0 Å². The topological polar surface area (TPSA) is 50.4 Å². The third-order valence-electron chi connectivity index (χ3n) is 4.62. The fraction of sp³-hybridized carbons (Fsp3) is 0.632. The lowest BCUT2D eigenvalue weighted by Crippen LogP contribution is -2.41. The van der Waals surface area contributed by atoms with Gasteiger partial charge < -0.3 is 15.4 Å². The Bertz CT molecular complexity index is 516. The van der Waals surface area contributed by atoms with Gasteiger partial charge in [-0.05, 0) is 61.8 Å². The molecule has 0 spiro atoms. The summed E-state index contributed by atoms with van der Waals surface area (Å²) in [6.45, 7) is 4.64. The summed E-state index contributed by atoms with van der Waals surface area (Å²) >= 11 is 0.